The number of carbonyl (C=O) groups is 1. The van der Waals surface area contributed by atoms with E-state index >= 15 is 0 Å². The highest BCUT2D eigenvalue weighted by atomic mass is 32.2. The maximum absolute atomic E-state index is 10.5. The first-order valence-corrected chi connectivity index (χ1v) is 7.43. The quantitative estimate of drug-likeness (QED) is 0.838. The molecule has 1 saturated heterocycles. The fraction of sp³-hybridized carbons (Fsp3) is 0.700. The third-order valence-corrected chi connectivity index (χ3v) is 4.51. The Balaban J connectivity index is 1.98. The number of carboxylic acid groups (broad SMARTS) is 1. The number of hydrogen-bond acceptors (Lipinski definition) is 7. The van der Waals surface area contributed by atoms with Gasteiger partial charge in [0.2, 0.25) is 5.13 Å². The van der Waals surface area contributed by atoms with E-state index in [-0.39, 0.29) is 18.0 Å². The molecule has 0 amide bonds. The molecule has 2 heterocycles. The minimum Gasteiger partial charge on any atom is -0.481 e. The minimum atomic E-state index is -0.842. The summed E-state index contributed by atoms with van der Waals surface area (Å²) in [6, 6.07) is 0. The molecule has 2 unspecified atom stereocenters. The van der Waals surface area contributed by atoms with E-state index < -0.39 is 5.97 Å². The van der Waals surface area contributed by atoms with Crippen molar-refractivity contribution >= 4 is 34.2 Å². The number of aliphatic carboxylic acids is 1. The van der Waals surface area contributed by atoms with Crippen LogP contribution in [0.2, 0.25) is 0 Å². The van der Waals surface area contributed by atoms with Crippen molar-refractivity contribution in [2.45, 2.75) is 30.4 Å². The zero-order chi connectivity index (χ0) is 13.1. The number of anilines is 1. The molecule has 0 bridgehead atoms. The Kier molecular flexibility index (Phi) is 4.41. The summed E-state index contributed by atoms with van der Waals surface area (Å²) in [5.74, 6) is -0.824. The topological polar surface area (TPSA) is 75.6 Å². The Morgan fingerprint density at radius 1 is 1.50 bits per heavy atom. The van der Waals surface area contributed by atoms with Crippen LogP contribution in [0.3, 0.4) is 0 Å². The van der Waals surface area contributed by atoms with Crippen LogP contribution in [0.5, 0.6) is 0 Å². The third kappa shape index (κ3) is 3.56. The summed E-state index contributed by atoms with van der Waals surface area (Å²) in [6.45, 7) is 5.65. The van der Waals surface area contributed by atoms with E-state index in [2.05, 4.69) is 15.1 Å². The Bertz CT molecular complexity index is 416. The van der Waals surface area contributed by atoms with Crippen molar-refractivity contribution in [3.8, 4) is 0 Å². The van der Waals surface area contributed by atoms with Crippen molar-refractivity contribution in [1.82, 2.24) is 10.2 Å². The van der Waals surface area contributed by atoms with Crippen LogP contribution in [0.25, 0.3) is 0 Å². The van der Waals surface area contributed by atoms with Gasteiger partial charge in [0.1, 0.15) is 0 Å². The summed E-state index contributed by atoms with van der Waals surface area (Å²) in [6.07, 6.45) is 0.348. The van der Waals surface area contributed by atoms with Gasteiger partial charge in [-0.05, 0) is 13.8 Å². The number of aromatic nitrogens is 2. The van der Waals surface area contributed by atoms with Gasteiger partial charge in [0.25, 0.3) is 0 Å². The van der Waals surface area contributed by atoms with E-state index in [4.69, 9.17) is 9.84 Å². The van der Waals surface area contributed by atoms with Crippen molar-refractivity contribution in [3.63, 3.8) is 0 Å². The Labute approximate surface area is 113 Å². The lowest BCUT2D eigenvalue weighted by Crippen LogP contribution is -2.45. The highest BCUT2D eigenvalue weighted by molar-refractivity contribution is 8.01. The molecule has 0 spiro atoms. The normalized spacial score (nSPS) is 24.2. The summed E-state index contributed by atoms with van der Waals surface area (Å²) in [4.78, 5) is 12.6. The maximum atomic E-state index is 10.5. The van der Waals surface area contributed by atoms with Crippen LogP contribution < -0.4 is 4.90 Å². The summed E-state index contributed by atoms with van der Waals surface area (Å²) < 4.78 is 6.35. The van der Waals surface area contributed by atoms with Crippen LogP contribution in [-0.2, 0) is 9.53 Å². The number of thioether (sulfide) groups is 1. The van der Waals surface area contributed by atoms with Crippen LogP contribution in [0.4, 0.5) is 5.13 Å². The highest BCUT2D eigenvalue weighted by Gasteiger charge is 2.24. The summed E-state index contributed by atoms with van der Waals surface area (Å²) in [7, 11) is 0. The summed E-state index contributed by atoms with van der Waals surface area (Å²) in [5.41, 5.74) is 0. The molecule has 100 valence electrons. The molecule has 2 rings (SSSR count). The zero-order valence-electron chi connectivity index (χ0n) is 10.2. The molecule has 0 aliphatic carbocycles. The van der Waals surface area contributed by atoms with E-state index in [0.29, 0.717) is 4.34 Å². The average Bonchev–Trinajstić information content (AvgIpc) is 2.73. The van der Waals surface area contributed by atoms with Crippen molar-refractivity contribution in [2.24, 2.45) is 0 Å². The van der Waals surface area contributed by atoms with Gasteiger partial charge in [0.05, 0.1) is 18.0 Å². The third-order valence-electron chi connectivity index (χ3n) is 2.41. The predicted molar refractivity (Wildman–Crippen MR) is 70.5 cm³/mol. The highest BCUT2D eigenvalue weighted by Crippen LogP contribution is 2.29. The summed E-state index contributed by atoms with van der Waals surface area (Å²) in [5, 5.41) is 17.6. The number of carboxylic acids is 1. The fourth-order valence-electron chi connectivity index (χ4n) is 1.85. The minimum absolute atomic E-state index is 0.0184. The average molecular weight is 289 g/mol. The Hall–Kier alpha value is -0.860. The zero-order valence-corrected chi connectivity index (χ0v) is 11.8. The molecule has 6 nitrogen and oxygen atoms in total. The number of morpholine rings is 1. The second-order valence-corrected chi connectivity index (χ2v) is 6.37. The van der Waals surface area contributed by atoms with Crippen molar-refractivity contribution in [3.05, 3.63) is 0 Å². The lowest BCUT2D eigenvalue weighted by atomic mass is 10.2. The van der Waals surface area contributed by atoms with E-state index in [1.165, 1.54) is 23.1 Å². The Morgan fingerprint density at radius 3 is 2.78 bits per heavy atom. The number of rotatable bonds is 4. The number of hydrogen-bond donors (Lipinski definition) is 1. The first-order chi connectivity index (χ1) is 8.54. The molecule has 0 aromatic carbocycles. The molecule has 8 heteroatoms. The van der Waals surface area contributed by atoms with Crippen LogP contribution in [0, 0.1) is 0 Å². The van der Waals surface area contributed by atoms with Gasteiger partial charge in [-0.2, -0.15) is 0 Å². The lowest BCUT2D eigenvalue weighted by molar-refractivity contribution is -0.133. The van der Waals surface area contributed by atoms with Crippen molar-refractivity contribution < 1.29 is 14.6 Å². The van der Waals surface area contributed by atoms with Gasteiger partial charge in [-0.1, -0.05) is 23.1 Å². The smallest absolute Gasteiger partial charge is 0.313 e. The number of ether oxygens (including phenoxy) is 1. The first kappa shape index (κ1) is 13.6. The van der Waals surface area contributed by atoms with Crippen LogP contribution in [0.1, 0.15) is 13.8 Å². The molecule has 1 aromatic heterocycles. The molecule has 0 saturated carbocycles. The van der Waals surface area contributed by atoms with Gasteiger partial charge in [-0.25, -0.2) is 0 Å². The molecular formula is C10H15N3O3S2. The van der Waals surface area contributed by atoms with Gasteiger partial charge in [-0.3, -0.25) is 4.79 Å². The molecule has 1 aliphatic heterocycles. The number of nitrogens with zero attached hydrogens (tertiary/aromatic N) is 3. The van der Waals surface area contributed by atoms with E-state index in [0.717, 1.165) is 18.2 Å². The molecule has 1 aromatic rings. The van der Waals surface area contributed by atoms with Crippen molar-refractivity contribution in [1.29, 1.82) is 0 Å². The van der Waals surface area contributed by atoms with E-state index in [9.17, 15) is 4.79 Å². The molecule has 1 N–H and O–H groups in total. The standard InChI is InChI=1S/C10H15N3O3S2/c1-6-3-13(4-7(2)16-6)9-11-12-10(18-9)17-5-8(14)15/h6-7H,3-5H2,1-2H3,(H,14,15). The van der Waals surface area contributed by atoms with Crippen molar-refractivity contribution in [2.75, 3.05) is 23.7 Å². The molecular weight excluding hydrogens is 274 g/mol. The van der Waals surface area contributed by atoms with Crippen LogP contribution >= 0.6 is 23.1 Å². The van der Waals surface area contributed by atoms with Gasteiger partial charge >= 0.3 is 5.97 Å². The maximum Gasteiger partial charge on any atom is 0.313 e. The van der Waals surface area contributed by atoms with Crippen LogP contribution in [-0.4, -0.2) is 52.3 Å². The Morgan fingerprint density at radius 2 is 2.17 bits per heavy atom. The van der Waals surface area contributed by atoms with Gasteiger partial charge < -0.3 is 14.7 Å². The largest absolute Gasteiger partial charge is 0.481 e. The summed E-state index contributed by atoms with van der Waals surface area (Å²) >= 11 is 2.64. The second-order valence-electron chi connectivity index (χ2n) is 4.20. The molecule has 2 atom stereocenters. The monoisotopic (exact) mass is 289 g/mol. The first-order valence-electron chi connectivity index (χ1n) is 5.63. The molecule has 1 aliphatic rings. The second kappa shape index (κ2) is 5.85. The predicted octanol–water partition coefficient (Wildman–Crippen LogP) is 1.33. The van der Waals surface area contributed by atoms with Crippen LogP contribution in [0.15, 0.2) is 4.34 Å². The molecule has 0 radical (unpaired) electrons. The van der Waals surface area contributed by atoms with Gasteiger partial charge in [0, 0.05) is 13.1 Å². The van der Waals surface area contributed by atoms with E-state index in [1.54, 1.807) is 0 Å². The van der Waals surface area contributed by atoms with Gasteiger partial charge in [-0.15, -0.1) is 10.2 Å². The van der Waals surface area contributed by atoms with Gasteiger partial charge in [0.15, 0.2) is 4.34 Å². The lowest BCUT2D eigenvalue weighted by Gasteiger charge is -2.34. The fourth-order valence-corrected chi connectivity index (χ4v) is 3.43. The SMILES string of the molecule is CC1CN(c2nnc(SCC(=O)O)s2)CC(C)O1. The molecule has 18 heavy (non-hydrogen) atoms. The molecule has 1 fully saturated rings. The van der Waals surface area contributed by atoms with E-state index in [1.807, 2.05) is 13.8 Å².